The highest BCUT2D eigenvalue weighted by Gasteiger charge is 2.26. The highest BCUT2D eigenvalue weighted by molar-refractivity contribution is 7.98. The van der Waals surface area contributed by atoms with Crippen molar-refractivity contribution in [3.8, 4) is 0 Å². The molecule has 3 atom stereocenters. The average Bonchev–Trinajstić information content (AvgIpc) is 2.18. The van der Waals surface area contributed by atoms with Gasteiger partial charge in [-0.15, -0.1) is 0 Å². The third kappa shape index (κ3) is 3.14. The summed E-state index contributed by atoms with van der Waals surface area (Å²) in [5, 5.41) is 3.41. The van der Waals surface area contributed by atoms with Crippen molar-refractivity contribution in [2.24, 2.45) is 5.92 Å². The maximum atomic E-state index is 3.41. The number of thioether (sulfide) groups is 1. The summed E-state index contributed by atoms with van der Waals surface area (Å²) in [5.41, 5.74) is 0. The van der Waals surface area contributed by atoms with Gasteiger partial charge in [-0.25, -0.2) is 0 Å². The SMILES string of the molecule is CNC1CCN(C(C)CSC)CC1C. The van der Waals surface area contributed by atoms with Crippen molar-refractivity contribution in [3.05, 3.63) is 0 Å². The van der Waals surface area contributed by atoms with E-state index in [9.17, 15) is 0 Å². The van der Waals surface area contributed by atoms with E-state index in [1.807, 2.05) is 11.8 Å². The Morgan fingerprint density at radius 3 is 2.79 bits per heavy atom. The second kappa shape index (κ2) is 5.99. The van der Waals surface area contributed by atoms with Gasteiger partial charge in [0.2, 0.25) is 0 Å². The van der Waals surface area contributed by atoms with Crippen molar-refractivity contribution in [2.45, 2.75) is 32.4 Å². The number of piperidine rings is 1. The molecule has 1 saturated heterocycles. The summed E-state index contributed by atoms with van der Waals surface area (Å²) in [5.74, 6) is 2.05. The molecule has 84 valence electrons. The molecule has 0 aliphatic carbocycles. The molecule has 3 heteroatoms. The van der Waals surface area contributed by atoms with Gasteiger partial charge in [-0.1, -0.05) is 6.92 Å². The lowest BCUT2D eigenvalue weighted by atomic mass is 9.93. The first kappa shape index (κ1) is 12.3. The van der Waals surface area contributed by atoms with Gasteiger partial charge in [0.15, 0.2) is 0 Å². The summed E-state index contributed by atoms with van der Waals surface area (Å²) in [7, 11) is 2.09. The molecule has 0 amide bonds. The fourth-order valence-electron chi connectivity index (χ4n) is 2.35. The van der Waals surface area contributed by atoms with Crippen molar-refractivity contribution in [2.75, 3.05) is 32.1 Å². The van der Waals surface area contributed by atoms with Gasteiger partial charge in [0.25, 0.3) is 0 Å². The monoisotopic (exact) mass is 216 g/mol. The number of hydrogen-bond acceptors (Lipinski definition) is 3. The van der Waals surface area contributed by atoms with Gasteiger partial charge in [-0.05, 0) is 39.1 Å². The van der Waals surface area contributed by atoms with Gasteiger partial charge in [0.05, 0.1) is 0 Å². The Morgan fingerprint density at radius 1 is 1.57 bits per heavy atom. The zero-order chi connectivity index (χ0) is 10.6. The first-order chi connectivity index (χ1) is 6.69. The molecule has 1 rings (SSSR count). The lowest BCUT2D eigenvalue weighted by Gasteiger charge is -2.39. The molecule has 0 aromatic carbocycles. The summed E-state index contributed by atoms with van der Waals surface area (Å²) in [6.07, 6.45) is 3.50. The Hall–Kier alpha value is 0.270. The first-order valence-electron chi connectivity index (χ1n) is 5.59. The summed E-state index contributed by atoms with van der Waals surface area (Å²) in [6.45, 7) is 7.23. The van der Waals surface area contributed by atoms with Crippen LogP contribution >= 0.6 is 11.8 Å². The molecule has 1 aliphatic rings. The van der Waals surface area contributed by atoms with Crippen molar-refractivity contribution in [3.63, 3.8) is 0 Å². The molecule has 14 heavy (non-hydrogen) atoms. The fraction of sp³-hybridized carbons (Fsp3) is 1.00. The number of hydrogen-bond donors (Lipinski definition) is 1. The van der Waals surface area contributed by atoms with Gasteiger partial charge in [-0.2, -0.15) is 11.8 Å². The average molecular weight is 216 g/mol. The van der Waals surface area contributed by atoms with E-state index in [-0.39, 0.29) is 0 Å². The van der Waals surface area contributed by atoms with Crippen LogP contribution in [0.5, 0.6) is 0 Å². The molecule has 1 aliphatic heterocycles. The molecule has 0 spiro atoms. The zero-order valence-electron chi connectivity index (χ0n) is 9.92. The van der Waals surface area contributed by atoms with Crippen LogP contribution in [0.4, 0.5) is 0 Å². The van der Waals surface area contributed by atoms with E-state index in [4.69, 9.17) is 0 Å². The maximum absolute atomic E-state index is 3.41. The summed E-state index contributed by atoms with van der Waals surface area (Å²) in [4.78, 5) is 2.63. The number of nitrogens with one attached hydrogen (secondary N) is 1. The summed E-state index contributed by atoms with van der Waals surface area (Å²) < 4.78 is 0. The van der Waals surface area contributed by atoms with E-state index in [0.717, 1.165) is 18.0 Å². The molecule has 3 unspecified atom stereocenters. The minimum Gasteiger partial charge on any atom is -0.317 e. The predicted octanol–water partition coefficient (Wildman–Crippen LogP) is 1.67. The second-order valence-electron chi connectivity index (χ2n) is 4.46. The standard InChI is InChI=1S/C11H24N2S/c1-9-7-13(10(2)8-14-4)6-5-11(9)12-3/h9-12H,5-8H2,1-4H3. The van der Waals surface area contributed by atoms with Gasteiger partial charge >= 0.3 is 0 Å². The molecule has 1 fully saturated rings. The molecule has 0 aromatic heterocycles. The molecule has 0 bridgehead atoms. The Morgan fingerprint density at radius 2 is 2.29 bits per heavy atom. The molecular formula is C11H24N2S. The third-order valence-corrected chi connectivity index (χ3v) is 4.15. The van der Waals surface area contributed by atoms with Gasteiger partial charge in [0.1, 0.15) is 0 Å². The minimum absolute atomic E-state index is 0.729. The van der Waals surface area contributed by atoms with Crippen molar-refractivity contribution in [1.29, 1.82) is 0 Å². The number of likely N-dealkylation sites (tertiary alicyclic amines) is 1. The van der Waals surface area contributed by atoms with E-state index in [1.165, 1.54) is 25.3 Å². The largest absolute Gasteiger partial charge is 0.317 e. The van der Waals surface area contributed by atoms with Crippen molar-refractivity contribution in [1.82, 2.24) is 10.2 Å². The summed E-state index contributed by atoms with van der Waals surface area (Å²) >= 11 is 1.95. The number of rotatable bonds is 4. The van der Waals surface area contributed by atoms with Gasteiger partial charge < -0.3 is 5.32 Å². The van der Waals surface area contributed by atoms with Crippen LogP contribution in [0.1, 0.15) is 20.3 Å². The van der Waals surface area contributed by atoms with Crippen LogP contribution in [-0.2, 0) is 0 Å². The smallest absolute Gasteiger partial charge is 0.0158 e. The maximum Gasteiger partial charge on any atom is 0.0158 e. The van der Waals surface area contributed by atoms with Crippen LogP contribution in [-0.4, -0.2) is 49.1 Å². The molecule has 0 radical (unpaired) electrons. The van der Waals surface area contributed by atoms with E-state index in [2.05, 4.69) is 37.4 Å². The highest BCUT2D eigenvalue weighted by atomic mass is 32.2. The van der Waals surface area contributed by atoms with Gasteiger partial charge in [-0.3, -0.25) is 4.90 Å². The lowest BCUT2D eigenvalue weighted by Crippen LogP contribution is -2.50. The third-order valence-electron chi connectivity index (χ3n) is 3.34. The van der Waals surface area contributed by atoms with Crippen LogP contribution in [0.2, 0.25) is 0 Å². The zero-order valence-corrected chi connectivity index (χ0v) is 10.7. The molecular weight excluding hydrogens is 192 g/mol. The topological polar surface area (TPSA) is 15.3 Å². The van der Waals surface area contributed by atoms with E-state index in [1.54, 1.807) is 0 Å². The van der Waals surface area contributed by atoms with Gasteiger partial charge in [0, 0.05) is 24.4 Å². The van der Waals surface area contributed by atoms with E-state index < -0.39 is 0 Å². The van der Waals surface area contributed by atoms with E-state index in [0.29, 0.717) is 0 Å². The normalized spacial score (nSPS) is 31.7. The van der Waals surface area contributed by atoms with Crippen molar-refractivity contribution < 1.29 is 0 Å². The van der Waals surface area contributed by atoms with Crippen LogP contribution in [0.15, 0.2) is 0 Å². The Kier molecular flexibility index (Phi) is 5.28. The Bertz CT molecular complexity index is 163. The molecule has 1 N–H and O–H groups in total. The van der Waals surface area contributed by atoms with E-state index >= 15 is 0 Å². The predicted molar refractivity (Wildman–Crippen MR) is 66.0 cm³/mol. The number of nitrogens with zero attached hydrogens (tertiary/aromatic N) is 1. The van der Waals surface area contributed by atoms with Crippen LogP contribution in [0.3, 0.4) is 0 Å². The molecule has 1 heterocycles. The highest BCUT2D eigenvalue weighted by Crippen LogP contribution is 2.19. The second-order valence-corrected chi connectivity index (χ2v) is 5.37. The first-order valence-corrected chi connectivity index (χ1v) is 6.98. The fourth-order valence-corrected chi connectivity index (χ4v) is 3.05. The molecule has 0 aromatic rings. The lowest BCUT2D eigenvalue weighted by molar-refractivity contribution is 0.123. The van der Waals surface area contributed by atoms with Crippen LogP contribution < -0.4 is 5.32 Å². The quantitative estimate of drug-likeness (QED) is 0.769. The minimum atomic E-state index is 0.729. The molecule has 0 saturated carbocycles. The van der Waals surface area contributed by atoms with Crippen LogP contribution in [0.25, 0.3) is 0 Å². The molecule has 2 nitrogen and oxygen atoms in total. The Labute approximate surface area is 92.8 Å². The summed E-state index contributed by atoms with van der Waals surface area (Å²) in [6, 6.07) is 1.47. The Balaban J connectivity index is 2.37. The van der Waals surface area contributed by atoms with Crippen molar-refractivity contribution >= 4 is 11.8 Å². The van der Waals surface area contributed by atoms with Crippen LogP contribution in [0, 0.1) is 5.92 Å².